The second-order valence-corrected chi connectivity index (χ2v) is 6.93. The second-order valence-electron chi connectivity index (χ2n) is 6.93. The molecule has 6 heteroatoms. The number of pyridine rings is 2. The zero-order chi connectivity index (χ0) is 22.8. The molecule has 0 amide bonds. The van der Waals surface area contributed by atoms with Gasteiger partial charge in [0.05, 0.1) is 11.9 Å². The Bertz CT molecular complexity index is 1000. The average Bonchev–Trinajstić information content (AvgIpc) is 2.65. The molecule has 0 saturated heterocycles. The molecule has 0 spiro atoms. The number of hydrogen-bond donors (Lipinski definition) is 0. The molecule has 2 heterocycles. The highest BCUT2D eigenvalue weighted by Crippen LogP contribution is 2.21. The van der Waals surface area contributed by atoms with Gasteiger partial charge in [0.25, 0.3) is 5.56 Å². The van der Waals surface area contributed by atoms with Crippen molar-refractivity contribution in [2.45, 2.75) is 54.6 Å². The number of aryl methyl sites for hydroxylation is 1. The van der Waals surface area contributed by atoms with Crippen molar-refractivity contribution in [3.8, 4) is 5.75 Å². The van der Waals surface area contributed by atoms with Crippen LogP contribution < -0.4 is 10.3 Å². The fraction of sp³-hybridized carbons (Fsp3) is 0.333. The van der Waals surface area contributed by atoms with Crippen molar-refractivity contribution in [2.75, 3.05) is 0 Å². The van der Waals surface area contributed by atoms with E-state index in [1.54, 1.807) is 17.6 Å². The lowest BCUT2D eigenvalue weighted by atomic mass is 10.1. The molecule has 0 N–H and O–H groups in total. The number of allylic oxidation sites excluding steroid dienone is 5. The number of halogens is 2. The van der Waals surface area contributed by atoms with Crippen LogP contribution in [-0.2, 0) is 6.61 Å². The van der Waals surface area contributed by atoms with Crippen LogP contribution in [0.2, 0.25) is 0 Å². The Hall–Kier alpha value is -3.02. The van der Waals surface area contributed by atoms with Crippen LogP contribution in [0, 0.1) is 18.6 Å². The van der Waals surface area contributed by atoms with Crippen LogP contribution in [0.3, 0.4) is 0 Å². The molecule has 2 aromatic heterocycles. The van der Waals surface area contributed by atoms with E-state index in [-0.39, 0.29) is 23.6 Å². The van der Waals surface area contributed by atoms with Gasteiger partial charge in [-0.05, 0) is 39.3 Å². The van der Waals surface area contributed by atoms with Crippen LogP contribution in [0.4, 0.5) is 8.78 Å². The Labute approximate surface area is 177 Å². The third-order valence-corrected chi connectivity index (χ3v) is 3.91. The van der Waals surface area contributed by atoms with Gasteiger partial charge in [0.1, 0.15) is 23.9 Å². The Morgan fingerprint density at radius 3 is 2.37 bits per heavy atom. The van der Waals surface area contributed by atoms with Crippen molar-refractivity contribution >= 4 is 5.70 Å². The summed E-state index contributed by atoms with van der Waals surface area (Å²) in [4.78, 5) is 16.3. The lowest BCUT2D eigenvalue weighted by Gasteiger charge is -2.16. The fourth-order valence-corrected chi connectivity index (χ4v) is 2.50. The Balaban J connectivity index is 0.00000141. The monoisotopic (exact) mass is 416 g/mol. The van der Waals surface area contributed by atoms with Gasteiger partial charge in [0.15, 0.2) is 5.82 Å². The normalized spacial score (nSPS) is 11.6. The Morgan fingerprint density at radius 1 is 1.23 bits per heavy atom. The molecule has 0 bridgehead atoms. The first kappa shape index (κ1) is 25.0. The van der Waals surface area contributed by atoms with Crippen LogP contribution in [0.1, 0.15) is 52.4 Å². The van der Waals surface area contributed by atoms with Crippen LogP contribution in [-0.4, -0.2) is 9.55 Å². The molecular weight excluding hydrogens is 386 g/mol. The third-order valence-electron chi connectivity index (χ3n) is 3.91. The van der Waals surface area contributed by atoms with E-state index in [4.69, 9.17) is 4.74 Å². The molecule has 0 aromatic carbocycles. The molecule has 2 aromatic rings. The van der Waals surface area contributed by atoms with E-state index >= 15 is 0 Å². The standard InChI is InChI=1S/C21H22F2N2O2.C3H8/c1-6-14(4)20(7-13(2)3)25-15(5)8-17(10-21(25)26)27-12-19-18(23)9-16(22)11-24-19;1-3-2/h6-11H,2,12H2,1,3-5H3;3H2,1-2H3/b14-6-,20-7+;. The highest BCUT2D eigenvalue weighted by atomic mass is 19.1. The zero-order valence-electron chi connectivity index (χ0n) is 18.6. The number of rotatable bonds is 6. The van der Waals surface area contributed by atoms with Crippen LogP contribution >= 0.6 is 0 Å². The minimum Gasteiger partial charge on any atom is -0.487 e. The number of hydrogen-bond acceptors (Lipinski definition) is 3. The van der Waals surface area contributed by atoms with E-state index in [1.165, 1.54) is 12.5 Å². The summed E-state index contributed by atoms with van der Waals surface area (Å²) in [6, 6.07) is 3.74. The second kappa shape index (κ2) is 11.9. The molecular formula is C24H30F2N2O2. The van der Waals surface area contributed by atoms with Crippen LogP contribution in [0.25, 0.3) is 5.70 Å². The van der Waals surface area contributed by atoms with E-state index in [2.05, 4.69) is 25.4 Å². The molecule has 0 aliphatic carbocycles. The van der Waals surface area contributed by atoms with E-state index in [9.17, 15) is 13.6 Å². The van der Waals surface area contributed by atoms with Gasteiger partial charge < -0.3 is 4.74 Å². The molecule has 0 atom stereocenters. The summed E-state index contributed by atoms with van der Waals surface area (Å²) in [5, 5.41) is 0. The maximum absolute atomic E-state index is 13.7. The van der Waals surface area contributed by atoms with Crippen molar-refractivity contribution in [1.82, 2.24) is 9.55 Å². The molecule has 0 aliphatic rings. The first-order valence-electron chi connectivity index (χ1n) is 9.81. The summed E-state index contributed by atoms with van der Waals surface area (Å²) >= 11 is 0. The number of nitrogens with zero attached hydrogens (tertiary/aromatic N) is 2. The molecule has 0 unspecified atom stereocenters. The lowest BCUT2D eigenvalue weighted by molar-refractivity contribution is 0.292. The van der Waals surface area contributed by atoms with Crippen molar-refractivity contribution in [1.29, 1.82) is 0 Å². The van der Waals surface area contributed by atoms with E-state index in [0.717, 1.165) is 29.1 Å². The number of ether oxygens (including phenoxy) is 1. The predicted molar refractivity (Wildman–Crippen MR) is 118 cm³/mol. The third kappa shape index (κ3) is 7.10. The summed E-state index contributed by atoms with van der Waals surface area (Å²) in [6.45, 7) is 15.4. The SMILES string of the molecule is C=C(C)/C=C(\C(C)=C/C)n1c(C)cc(OCc2ncc(F)cc2F)cc1=O.CCC. The minimum atomic E-state index is -0.796. The van der Waals surface area contributed by atoms with Gasteiger partial charge in [-0.15, -0.1) is 0 Å². The van der Waals surface area contributed by atoms with Gasteiger partial charge in [-0.2, -0.15) is 0 Å². The fourth-order valence-electron chi connectivity index (χ4n) is 2.50. The Kier molecular flexibility index (Phi) is 9.89. The molecule has 0 radical (unpaired) electrons. The minimum absolute atomic E-state index is 0.0362. The molecule has 162 valence electrons. The quantitative estimate of drug-likeness (QED) is 0.526. The topological polar surface area (TPSA) is 44.1 Å². The summed E-state index contributed by atoms with van der Waals surface area (Å²) in [7, 11) is 0. The maximum atomic E-state index is 13.7. The molecule has 0 fully saturated rings. The van der Waals surface area contributed by atoms with E-state index < -0.39 is 11.6 Å². The highest BCUT2D eigenvalue weighted by molar-refractivity contribution is 5.67. The lowest BCUT2D eigenvalue weighted by Crippen LogP contribution is -2.22. The number of aromatic nitrogens is 2. The van der Waals surface area contributed by atoms with Gasteiger partial charge >= 0.3 is 0 Å². The summed E-state index contributed by atoms with van der Waals surface area (Å²) < 4.78 is 33.6. The van der Waals surface area contributed by atoms with Crippen molar-refractivity contribution in [3.05, 3.63) is 87.6 Å². The largest absolute Gasteiger partial charge is 0.487 e. The van der Waals surface area contributed by atoms with Gasteiger partial charge in [-0.3, -0.25) is 14.3 Å². The summed E-state index contributed by atoms with van der Waals surface area (Å²) in [6.07, 6.45) is 5.91. The molecule has 2 rings (SSSR count). The molecule has 0 aliphatic heterocycles. The molecule has 4 nitrogen and oxygen atoms in total. The van der Waals surface area contributed by atoms with Gasteiger partial charge in [-0.25, -0.2) is 8.78 Å². The van der Waals surface area contributed by atoms with Gasteiger partial charge in [0.2, 0.25) is 0 Å². The average molecular weight is 417 g/mol. The first-order chi connectivity index (χ1) is 14.1. The van der Waals surface area contributed by atoms with E-state index in [0.29, 0.717) is 5.69 Å². The van der Waals surface area contributed by atoms with Crippen molar-refractivity contribution in [3.63, 3.8) is 0 Å². The summed E-state index contributed by atoms with van der Waals surface area (Å²) in [5.74, 6) is -1.27. The van der Waals surface area contributed by atoms with Crippen LogP contribution in [0.5, 0.6) is 5.75 Å². The highest BCUT2D eigenvalue weighted by Gasteiger charge is 2.12. The van der Waals surface area contributed by atoms with E-state index in [1.807, 2.05) is 32.9 Å². The predicted octanol–water partition coefficient (Wildman–Crippen LogP) is 6.21. The van der Waals surface area contributed by atoms with Gasteiger partial charge in [0, 0.05) is 23.9 Å². The molecule has 0 saturated carbocycles. The smallest absolute Gasteiger partial charge is 0.259 e. The van der Waals surface area contributed by atoms with Crippen molar-refractivity contribution < 1.29 is 13.5 Å². The van der Waals surface area contributed by atoms with Crippen molar-refractivity contribution in [2.24, 2.45) is 0 Å². The van der Waals surface area contributed by atoms with Crippen LogP contribution in [0.15, 0.2) is 59.1 Å². The van der Waals surface area contributed by atoms with Gasteiger partial charge in [-0.1, -0.05) is 38.5 Å². The summed E-state index contributed by atoms with van der Waals surface area (Å²) in [5.41, 5.74) is 2.80. The maximum Gasteiger partial charge on any atom is 0.259 e. The molecule has 30 heavy (non-hydrogen) atoms. The first-order valence-corrected chi connectivity index (χ1v) is 9.81. The zero-order valence-corrected chi connectivity index (χ0v) is 18.6. The Morgan fingerprint density at radius 2 is 1.87 bits per heavy atom.